The Hall–Kier alpha value is -0.840. The van der Waals surface area contributed by atoms with Crippen molar-refractivity contribution in [1.82, 2.24) is 4.90 Å². The predicted octanol–water partition coefficient (Wildman–Crippen LogP) is 3.13. The molecule has 0 bridgehead atoms. The number of hydrogen-bond acceptors (Lipinski definition) is 3. The van der Waals surface area contributed by atoms with Gasteiger partial charge in [0.2, 0.25) is 0 Å². The summed E-state index contributed by atoms with van der Waals surface area (Å²) in [6.07, 6.45) is -0.381. The minimum absolute atomic E-state index is 0.0426. The van der Waals surface area contributed by atoms with Crippen molar-refractivity contribution in [3.8, 4) is 0 Å². The van der Waals surface area contributed by atoms with Crippen molar-refractivity contribution >= 4 is 22.9 Å². The highest BCUT2D eigenvalue weighted by atomic mass is 35.5. The van der Waals surface area contributed by atoms with Crippen LogP contribution in [-0.2, 0) is 9.53 Å². The molecule has 110 valence electrons. The van der Waals surface area contributed by atoms with Crippen molar-refractivity contribution in [2.75, 3.05) is 13.1 Å². The van der Waals surface area contributed by atoms with Crippen molar-refractivity contribution in [1.29, 1.82) is 0 Å². The lowest BCUT2D eigenvalue weighted by molar-refractivity contribution is -0.116. The van der Waals surface area contributed by atoms with E-state index in [0.29, 0.717) is 13.1 Å². The number of rotatable bonds is 3. The first-order chi connectivity index (χ1) is 8.69. The maximum Gasteiger partial charge on any atom is 0.410 e. The molecule has 1 aliphatic heterocycles. The number of alkyl halides is 1. The summed E-state index contributed by atoms with van der Waals surface area (Å²) in [5, 5.41) is -0.964. The van der Waals surface area contributed by atoms with Gasteiger partial charge in [0.25, 0.3) is 5.24 Å². The summed E-state index contributed by atoms with van der Waals surface area (Å²) >= 11 is 5.11. The second kappa shape index (κ2) is 6.55. The highest BCUT2D eigenvalue weighted by Gasteiger charge is 2.30. The summed E-state index contributed by atoms with van der Waals surface area (Å²) < 4.78 is 18.6. The van der Waals surface area contributed by atoms with Crippen molar-refractivity contribution in [2.45, 2.75) is 51.8 Å². The molecule has 0 spiro atoms. The molecule has 0 N–H and O–H groups in total. The summed E-state index contributed by atoms with van der Waals surface area (Å²) in [6.45, 7) is 6.43. The molecule has 0 aromatic rings. The standard InChI is InChI=1S/C13H21ClFNO3/c1-13(2,3)19-12(18)16-6-4-5-9(8-16)7-10(15)11(14)17/h9-10H,4-8H2,1-3H3. The molecule has 0 aromatic carbocycles. The molecule has 0 radical (unpaired) electrons. The molecule has 1 rings (SSSR count). The van der Waals surface area contributed by atoms with Crippen LogP contribution in [0.1, 0.15) is 40.0 Å². The molecule has 0 aliphatic carbocycles. The molecule has 0 aromatic heterocycles. The van der Waals surface area contributed by atoms with Gasteiger partial charge in [-0.05, 0) is 57.6 Å². The number of carbonyl (C=O) groups is 2. The van der Waals surface area contributed by atoms with Crippen LogP contribution in [0.5, 0.6) is 0 Å². The lowest BCUT2D eigenvalue weighted by atomic mass is 9.93. The predicted molar refractivity (Wildman–Crippen MR) is 70.9 cm³/mol. The largest absolute Gasteiger partial charge is 0.444 e. The summed E-state index contributed by atoms with van der Waals surface area (Å²) in [4.78, 5) is 24.2. The highest BCUT2D eigenvalue weighted by molar-refractivity contribution is 6.64. The van der Waals surface area contributed by atoms with Crippen LogP contribution in [-0.4, -0.2) is 41.1 Å². The third-order valence-corrected chi connectivity index (χ3v) is 3.19. The number of ether oxygens (including phenoxy) is 1. The molecule has 1 fully saturated rings. The van der Waals surface area contributed by atoms with Crippen molar-refractivity contribution in [3.05, 3.63) is 0 Å². The fraction of sp³-hybridized carbons (Fsp3) is 0.846. The summed E-state index contributed by atoms with van der Waals surface area (Å²) in [6, 6.07) is 0. The van der Waals surface area contributed by atoms with E-state index in [1.54, 1.807) is 25.7 Å². The Kier molecular flexibility index (Phi) is 5.59. The SMILES string of the molecule is CC(C)(C)OC(=O)N1CCCC(CC(F)C(=O)Cl)C1. The Morgan fingerprint density at radius 1 is 1.47 bits per heavy atom. The third kappa shape index (κ3) is 5.76. The summed E-state index contributed by atoms with van der Waals surface area (Å²) in [7, 11) is 0. The average molecular weight is 294 g/mol. The van der Waals surface area contributed by atoms with Crippen LogP contribution in [0, 0.1) is 5.92 Å². The van der Waals surface area contributed by atoms with Gasteiger partial charge in [0.05, 0.1) is 0 Å². The van der Waals surface area contributed by atoms with Gasteiger partial charge >= 0.3 is 6.09 Å². The van der Waals surface area contributed by atoms with E-state index in [1.165, 1.54) is 0 Å². The molecule has 2 atom stereocenters. The van der Waals surface area contributed by atoms with E-state index in [-0.39, 0.29) is 18.4 Å². The molecule has 4 nitrogen and oxygen atoms in total. The molecule has 1 aliphatic rings. The Balaban J connectivity index is 2.50. The van der Waals surface area contributed by atoms with Gasteiger partial charge in [-0.25, -0.2) is 9.18 Å². The van der Waals surface area contributed by atoms with E-state index in [2.05, 4.69) is 0 Å². The monoisotopic (exact) mass is 293 g/mol. The number of nitrogens with zero attached hydrogens (tertiary/aromatic N) is 1. The number of amides is 1. The zero-order valence-electron chi connectivity index (χ0n) is 11.6. The van der Waals surface area contributed by atoms with E-state index in [1.807, 2.05) is 0 Å². The molecule has 1 heterocycles. The number of halogens is 2. The molecular formula is C13H21ClFNO3. The van der Waals surface area contributed by atoms with Gasteiger partial charge in [0, 0.05) is 13.1 Å². The molecule has 1 amide bonds. The molecule has 2 unspecified atom stereocenters. The zero-order chi connectivity index (χ0) is 14.6. The first-order valence-corrected chi connectivity index (χ1v) is 6.88. The van der Waals surface area contributed by atoms with Gasteiger partial charge < -0.3 is 9.64 Å². The Morgan fingerprint density at radius 2 is 2.11 bits per heavy atom. The lowest BCUT2D eigenvalue weighted by Crippen LogP contribution is -2.43. The maximum atomic E-state index is 13.3. The van der Waals surface area contributed by atoms with Crippen LogP contribution >= 0.6 is 11.6 Å². The lowest BCUT2D eigenvalue weighted by Gasteiger charge is -2.34. The van der Waals surface area contributed by atoms with E-state index in [0.717, 1.165) is 12.8 Å². The number of hydrogen-bond donors (Lipinski definition) is 0. The normalized spacial score (nSPS) is 21.9. The Bertz CT molecular complexity index is 343. The summed E-state index contributed by atoms with van der Waals surface area (Å²) in [5.74, 6) is -0.0426. The van der Waals surface area contributed by atoms with Crippen LogP contribution in [0.15, 0.2) is 0 Å². The molecular weight excluding hydrogens is 273 g/mol. The molecule has 0 saturated carbocycles. The van der Waals surface area contributed by atoms with Crippen LogP contribution in [0.4, 0.5) is 9.18 Å². The molecule has 19 heavy (non-hydrogen) atoms. The van der Waals surface area contributed by atoms with Crippen molar-refractivity contribution in [2.24, 2.45) is 5.92 Å². The Labute approximate surface area is 118 Å². The maximum absolute atomic E-state index is 13.3. The average Bonchev–Trinajstić information content (AvgIpc) is 2.27. The van der Waals surface area contributed by atoms with Gasteiger partial charge in [0.15, 0.2) is 6.17 Å². The van der Waals surface area contributed by atoms with Crippen LogP contribution in [0.25, 0.3) is 0 Å². The van der Waals surface area contributed by atoms with Gasteiger partial charge in [-0.1, -0.05) is 0 Å². The number of carbonyl (C=O) groups excluding carboxylic acids is 2. The van der Waals surface area contributed by atoms with Crippen molar-refractivity contribution < 1.29 is 18.7 Å². The van der Waals surface area contributed by atoms with E-state index in [4.69, 9.17) is 16.3 Å². The minimum atomic E-state index is -1.65. The van der Waals surface area contributed by atoms with Gasteiger partial charge in [-0.2, -0.15) is 0 Å². The quantitative estimate of drug-likeness (QED) is 0.751. The topological polar surface area (TPSA) is 46.6 Å². The number of likely N-dealkylation sites (tertiary alicyclic amines) is 1. The molecule has 1 saturated heterocycles. The minimum Gasteiger partial charge on any atom is -0.444 e. The first-order valence-electron chi connectivity index (χ1n) is 6.50. The van der Waals surface area contributed by atoms with Gasteiger partial charge in [0.1, 0.15) is 5.60 Å². The second-order valence-electron chi connectivity index (χ2n) is 5.94. The second-order valence-corrected chi connectivity index (χ2v) is 6.31. The van der Waals surface area contributed by atoms with Crippen LogP contribution < -0.4 is 0 Å². The van der Waals surface area contributed by atoms with Crippen LogP contribution in [0.3, 0.4) is 0 Å². The summed E-state index contributed by atoms with van der Waals surface area (Å²) in [5.41, 5.74) is -0.543. The number of piperidine rings is 1. The van der Waals surface area contributed by atoms with Gasteiger partial charge in [-0.15, -0.1) is 0 Å². The fourth-order valence-electron chi connectivity index (χ4n) is 2.14. The van der Waals surface area contributed by atoms with E-state index in [9.17, 15) is 14.0 Å². The third-order valence-electron chi connectivity index (χ3n) is 2.96. The Morgan fingerprint density at radius 3 is 2.63 bits per heavy atom. The zero-order valence-corrected chi connectivity index (χ0v) is 12.4. The van der Waals surface area contributed by atoms with Gasteiger partial charge in [-0.3, -0.25) is 4.79 Å². The fourth-order valence-corrected chi connectivity index (χ4v) is 2.22. The highest BCUT2D eigenvalue weighted by Crippen LogP contribution is 2.24. The van der Waals surface area contributed by atoms with Crippen LogP contribution in [0.2, 0.25) is 0 Å². The first kappa shape index (κ1) is 16.2. The van der Waals surface area contributed by atoms with E-state index >= 15 is 0 Å². The van der Waals surface area contributed by atoms with E-state index < -0.39 is 17.0 Å². The molecule has 6 heteroatoms. The van der Waals surface area contributed by atoms with Crippen molar-refractivity contribution in [3.63, 3.8) is 0 Å². The smallest absolute Gasteiger partial charge is 0.410 e.